The van der Waals surface area contributed by atoms with Crippen LogP contribution in [0.4, 0.5) is 30.5 Å². The fraction of sp³-hybridized carbons (Fsp3) is 0.200. The highest BCUT2D eigenvalue weighted by atomic mass is 32.2. The van der Waals surface area contributed by atoms with Crippen LogP contribution < -0.4 is 10.0 Å². The van der Waals surface area contributed by atoms with Crippen LogP contribution in [0.5, 0.6) is 0 Å². The third-order valence-electron chi connectivity index (χ3n) is 5.63. The average molecular weight is 501 g/mol. The number of sulfonamides is 1. The summed E-state index contributed by atoms with van der Waals surface area (Å²) in [6.45, 7) is 7.61. The van der Waals surface area contributed by atoms with Gasteiger partial charge in [-0.2, -0.15) is 13.2 Å². The van der Waals surface area contributed by atoms with E-state index in [-0.39, 0.29) is 11.6 Å². The molecular weight excluding hydrogens is 477 g/mol. The molecule has 0 fully saturated rings. The maximum atomic E-state index is 13.5. The molecule has 4 aromatic rings. The largest absolute Gasteiger partial charge is 0.417 e. The molecular formula is C25H23F3N4O2S. The van der Waals surface area contributed by atoms with Crippen LogP contribution in [0.2, 0.25) is 0 Å². The van der Waals surface area contributed by atoms with Gasteiger partial charge in [-0.05, 0) is 74.7 Å². The Labute approximate surface area is 201 Å². The van der Waals surface area contributed by atoms with Crippen molar-refractivity contribution in [2.24, 2.45) is 0 Å². The summed E-state index contributed by atoms with van der Waals surface area (Å²) in [4.78, 5) is 8.09. The summed E-state index contributed by atoms with van der Waals surface area (Å²) in [7, 11) is -4.66. The predicted molar refractivity (Wildman–Crippen MR) is 130 cm³/mol. The normalized spacial score (nSPS) is 12.1. The second kappa shape index (κ2) is 8.84. The molecule has 1 aromatic heterocycles. The van der Waals surface area contributed by atoms with Crippen LogP contribution in [0.1, 0.15) is 27.8 Å². The van der Waals surface area contributed by atoms with Gasteiger partial charge in [0, 0.05) is 5.69 Å². The van der Waals surface area contributed by atoms with Crippen molar-refractivity contribution in [3.8, 4) is 0 Å². The fourth-order valence-corrected chi connectivity index (χ4v) is 4.91. The van der Waals surface area contributed by atoms with E-state index in [1.807, 2.05) is 52.0 Å². The Hall–Kier alpha value is -3.66. The van der Waals surface area contributed by atoms with Crippen molar-refractivity contribution >= 4 is 38.4 Å². The maximum absolute atomic E-state index is 13.5. The van der Waals surface area contributed by atoms with Crippen molar-refractivity contribution in [3.05, 3.63) is 82.4 Å². The summed E-state index contributed by atoms with van der Waals surface area (Å²) in [5.74, 6) is -0.140. The summed E-state index contributed by atoms with van der Waals surface area (Å²) < 4.78 is 69.1. The molecule has 0 atom stereocenters. The van der Waals surface area contributed by atoms with Gasteiger partial charge in [0.05, 0.1) is 21.5 Å². The zero-order valence-electron chi connectivity index (χ0n) is 19.4. The Morgan fingerprint density at radius 3 is 1.97 bits per heavy atom. The van der Waals surface area contributed by atoms with Gasteiger partial charge in [0.15, 0.2) is 11.6 Å². The molecule has 0 aliphatic heterocycles. The van der Waals surface area contributed by atoms with E-state index in [1.165, 1.54) is 6.07 Å². The van der Waals surface area contributed by atoms with E-state index >= 15 is 0 Å². The first-order chi connectivity index (χ1) is 16.3. The SMILES string of the molecule is Cc1ccc(Nc2nc3cc(C)c(C)cc3nc2NS(=O)(=O)c2ccccc2C(F)(F)F)c(C)c1. The highest BCUT2D eigenvalue weighted by Gasteiger charge is 2.37. The number of nitrogens with zero attached hydrogens (tertiary/aromatic N) is 2. The lowest BCUT2D eigenvalue weighted by Crippen LogP contribution is -2.20. The van der Waals surface area contributed by atoms with Gasteiger partial charge in [0.25, 0.3) is 10.0 Å². The molecule has 0 aliphatic rings. The van der Waals surface area contributed by atoms with Crippen LogP contribution in [-0.2, 0) is 16.2 Å². The molecule has 10 heteroatoms. The van der Waals surface area contributed by atoms with Gasteiger partial charge < -0.3 is 5.32 Å². The number of aryl methyl sites for hydroxylation is 4. The second-order valence-corrected chi connectivity index (χ2v) is 10.0. The van der Waals surface area contributed by atoms with Crippen LogP contribution in [0, 0.1) is 27.7 Å². The van der Waals surface area contributed by atoms with Gasteiger partial charge in [0.1, 0.15) is 0 Å². The van der Waals surface area contributed by atoms with E-state index in [1.54, 1.807) is 6.07 Å². The minimum atomic E-state index is -4.85. The molecule has 0 amide bonds. The molecule has 0 bridgehead atoms. The van der Waals surface area contributed by atoms with Crippen LogP contribution >= 0.6 is 0 Å². The first kappa shape index (κ1) is 24.5. The molecule has 182 valence electrons. The first-order valence-corrected chi connectivity index (χ1v) is 12.2. The smallest absolute Gasteiger partial charge is 0.337 e. The highest BCUT2D eigenvalue weighted by molar-refractivity contribution is 7.92. The summed E-state index contributed by atoms with van der Waals surface area (Å²) in [5.41, 5.74) is 4.10. The van der Waals surface area contributed by atoms with Crippen molar-refractivity contribution in [2.75, 3.05) is 10.0 Å². The van der Waals surface area contributed by atoms with Crippen LogP contribution in [-0.4, -0.2) is 18.4 Å². The number of anilines is 3. The minimum Gasteiger partial charge on any atom is -0.337 e. The second-order valence-electron chi connectivity index (χ2n) is 8.39. The van der Waals surface area contributed by atoms with Gasteiger partial charge in [-0.15, -0.1) is 0 Å². The summed E-state index contributed by atoms with van der Waals surface area (Å²) >= 11 is 0. The molecule has 1 heterocycles. The van der Waals surface area contributed by atoms with E-state index in [2.05, 4.69) is 20.0 Å². The van der Waals surface area contributed by atoms with Crippen molar-refractivity contribution < 1.29 is 21.6 Å². The third-order valence-corrected chi connectivity index (χ3v) is 7.02. The van der Waals surface area contributed by atoms with Crippen molar-refractivity contribution in [1.82, 2.24) is 9.97 Å². The molecule has 0 radical (unpaired) electrons. The quantitative estimate of drug-likeness (QED) is 0.330. The lowest BCUT2D eigenvalue weighted by Gasteiger charge is -2.17. The van der Waals surface area contributed by atoms with Crippen LogP contribution in [0.3, 0.4) is 0 Å². The Morgan fingerprint density at radius 1 is 0.771 bits per heavy atom. The van der Waals surface area contributed by atoms with Gasteiger partial charge in [-0.3, -0.25) is 4.72 Å². The number of alkyl halides is 3. The Kier molecular flexibility index (Phi) is 6.18. The van der Waals surface area contributed by atoms with Crippen LogP contribution in [0.25, 0.3) is 11.0 Å². The van der Waals surface area contributed by atoms with Crippen LogP contribution in [0.15, 0.2) is 59.5 Å². The number of halogens is 3. The monoisotopic (exact) mass is 500 g/mol. The van der Waals surface area contributed by atoms with Gasteiger partial charge >= 0.3 is 6.18 Å². The van der Waals surface area contributed by atoms with Gasteiger partial charge in [0.2, 0.25) is 0 Å². The molecule has 0 unspecified atom stereocenters. The Balaban J connectivity index is 1.87. The van der Waals surface area contributed by atoms with E-state index in [0.717, 1.165) is 40.5 Å². The average Bonchev–Trinajstić information content (AvgIpc) is 2.76. The number of nitrogens with one attached hydrogen (secondary N) is 2. The first-order valence-electron chi connectivity index (χ1n) is 10.7. The molecule has 0 saturated heterocycles. The van der Waals surface area contributed by atoms with E-state index in [0.29, 0.717) is 16.7 Å². The number of hydrogen-bond acceptors (Lipinski definition) is 5. The number of aromatic nitrogens is 2. The zero-order valence-corrected chi connectivity index (χ0v) is 20.3. The van der Waals surface area contributed by atoms with Gasteiger partial charge in [-0.25, -0.2) is 18.4 Å². The number of fused-ring (bicyclic) bond motifs is 1. The standard InChI is InChI=1S/C25H23F3N4O2S/c1-14-9-10-19(17(4)11-14)29-23-24(31-21-13-16(3)15(2)12-20(21)30-23)32-35(33,34)22-8-6-5-7-18(22)25(26,27)28/h5-13H,1-4H3,(H,29,30)(H,31,32). The summed E-state index contributed by atoms with van der Waals surface area (Å²) in [6.07, 6.45) is -4.85. The molecule has 6 nitrogen and oxygen atoms in total. The van der Waals surface area contributed by atoms with E-state index in [9.17, 15) is 21.6 Å². The number of hydrogen-bond donors (Lipinski definition) is 2. The molecule has 0 aliphatic carbocycles. The molecule has 2 N–H and O–H groups in total. The van der Waals surface area contributed by atoms with E-state index < -0.39 is 26.7 Å². The fourth-order valence-electron chi connectivity index (χ4n) is 3.67. The molecule has 0 spiro atoms. The Bertz CT molecular complexity index is 1550. The number of rotatable bonds is 5. The Morgan fingerprint density at radius 2 is 1.37 bits per heavy atom. The molecule has 4 rings (SSSR count). The van der Waals surface area contributed by atoms with Gasteiger partial charge in [-0.1, -0.05) is 29.8 Å². The van der Waals surface area contributed by atoms with Crippen molar-refractivity contribution in [2.45, 2.75) is 38.8 Å². The van der Waals surface area contributed by atoms with Crippen molar-refractivity contribution in [1.29, 1.82) is 0 Å². The predicted octanol–water partition coefficient (Wildman–Crippen LogP) is 6.43. The number of benzene rings is 3. The lowest BCUT2D eigenvalue weighted by atomic mass is 10.1. The minimum absolute atomic E-state index is 0.0702. The molecule has 0 saturated carbocycles. The third kappa shape index (κ3) is 5.07. The zero-order chi connectivity index (χ0) is 25.5. The molecule has 3 aromatic carbocycles. The topological polar surface area (TPSA) is 84.0 Å². The summed E-state index contributed by atoms with van der Waals surface area (Å²) in [5, 5.41) is 3.09. The highest BCUT2D eigenvalue weighted by Crippen LogP contribution is 2.36. The van der Waals surface area contributed by atoms with Crippen molar-refractivity contribution in [3.63, 3.8) is 0 Å². The molecule has 35 heavy (non-hydrogen) atoms. The maximum Gasteiger partial charge on any atom is 0.417 e. The van der Waals surface area contributed by atoms with E-state index in [4.69, 9.17) is 0 Å². The lowest BCUT2D eigenvalue weighted by molar-refractivity contribution is -0.139. The summed E-state index contributed by atoms with van der Waals surface area (Å²) in [6, 6.07) is 13.2.